The molecule has 0 fully saturated rings. The van der Waals surface area contributed by atoms with Gasteiger partial charge in [-0.15, -0.1) is 13.2 Å². The van der Waals surface area contributed by atoms with E-state index in [1.807, 2.05) is 0 Å². The zero-order valence-corrected chi connectivity index (χ0v) is 12.3. The summed E-state index contributed by atoms with van der Waals surface area (Å²) in [5.41, 5.74) is -2.43. The molecular weight excluding hydrogens is 423 g/mol. The Balaban J connectivity index is 3.42. The largest absolute Gasteiger partial charge is 0.573 e. The Bertz CT molecular complexity index is 543. The number of hydrogen-bond acceptors (Lipinski definition) is 4. The SMILES string of the molecule is CCOC(=O)c1nc(I)c(C(F)(F)F)cc1OC(F)(F)F. The molecule has 1 heterocycles. The second-order valence-corrected chi connectivity index (χ2v) is 4.46. The molecule has 11 heteroatoms. The van der Waals surface area contributed by atoms with Gasteiger partial charge < -0.3 is 9.47 Å². The number of rotatable bonds is 3. The lowest BCUT2D eigenvalue weighted by Gasteiger charge is -2.15. The minimum absolute atomic E-state index is 0.0640. The van der Waals surface area contributed by atoms with Gasteiger partial charge in [0.2, 0.25) is 0 Å². The fourth-order valence-corrected chi connectivity index (χ4v) is 1.92. The molecule has 0 saturated carbocycles. The average molecular weight is 429 g/mol. The monoisotopic (exact) mass is 429 g/mol. The van der Waals surface area contributed by atoms with Crippen molar-refractivity contribution in [1.82, 2.24) is 4.98 Å². The van der Waals surface area contributed by atoms with Crippen LogP contribution >= 0.6 is 22.6 Å². The minimum atomic E-state index is -5.28. The van der Waals surface area contributed by atoms with E-state index in [0.29, 0.717) is 0 Å². The average Bonchev–Trinajstić information content (AvgIpc) is 2.28. The molecule has 1 aromatic heterocycles. The van der Waals surface area contributed by atoms with Gasteiger partial charge in [0.05, 0.1) is 12.2 Å². The second kappa shape index (κ2) is 6.23. The molecule has 0 atom stereocenters. The number of esters is 1. The van der Waals surface area contributed by atoms with E-state index in [9.17, 15) is 31.1 Å². The molecule has 0 aliphatic rings. The molecule has 118 valence electrons. The number of aromatic nitrogens is 1. The topological polar surface area (TPSA) is 48.4 Å². The number of nitrogens with zero attached hydrogens (tertiary/aromatic N) is 1. The van der Waals surface area contributed by atoms with E-state index in [1.165, 1.54) is 6.92 Å². The highest BCUT2D eigenvalue weighted by molar-refractivity contribution is 14.1. The Labute approximate surface area is 127 Å². The lowest BCUT2D eigenvalue weighted by Crippen LogP contribution is -2.22. The van der Waals surface area contributed by atoms with E-state index in [4.69, 9.17) is 0 Å². The van der Waals surface area contributed by atoms with E-state index >= 15 is 0 Å². The molecule has 0 N–H and O–H groups in total. The Kier molecular flexibility index (Phi) is 5.28. The summed E-state index contributed by atoms with van der Waals surface area (Å²) in [7, 11) is 0. The summed E-state index contributed by atoms with van der Waals surface area (Å²) < 4.78 is 81.7. The Morgan fingerprint density at radius 2 is 1.86 bits per heavy atom. The number of halogens is 7. The lowest BCUT2D eigenvalue weighted by atomic mass is 10.2. The Morgan fingerprint density at radius 3 is 2.29 bits per heavy atom. The van der Waals surface area contributed by atoms with Crippen LogP contribution in [-0.2, 0) is 10.9 Å². The fourth-order valence-electron chi connectivity index (χ4n) is 1.22. The van der Waals surface area contributed by atoms with Gasteiger partial charge in [-0.2, -0.15) is 13.2 Å². The van der Waals surface area contributed by atoms with E-state index in [0.717, 1.165) is 22.6 Å². The molecule has 0 bridgehead atoms. The van der Waals surface area contributed by atoms with Crippen molar-refractivity contribution >= 4 is 28.6 Å². The first-order valence-corrected chi connectivity index (χ1v) is 6.24. The predicted molar refractivity (Wildman–Crippen MR) is 64.6 cm³/mol. The van der Waals surface area contributed by atoms with Crippen LogP contribution < -0.4 is 4.74 Å². The van der Waals surface area contributed by atoms with Crippen molar-refractivity contribution < 1.29 is 40.6 Å². The van der Waals surface area contributed by atoms with Crippen molar-refractivity contribution in [2.45, 2.75) is 19.5 Å². The van der Waals surface area contributed by atoms with Gasteiger partial charge >= 0.3 is 18.5 Å². The maximum absolute atomic E-state index is 12.6. The number of carbonyl (C=O) groups is 1. The standard InChI is InChI=1S/C10H6F6INO3/c1-2-20-8(19)6-5(21-10(14,15)16)3-4(7(17)18-6)9(11,12)13/h3H,2H2,1H3. The van der Waals surface area contributed by atoms with Gasteiger partial charge in [-0.25, -0.2) is 9.78 Å². The van der Waals surface area contributed by atoms with Gasteiger partial charge in [0.25, 0.3) is 0 Å². The van der Waals surface area contributed by atoms with Crippen LogP contribution in [0, 0.1) is 3.70 Å². The Hall–Kier alpha value is -1.27. The molecule has 0 unspecified atom stereocenters. The van der Waals surface area contributed by atoms with Gasteiger partial charge in [0, 0.05) is 0 Å². The number of carbonyl (C=O) groups excluding carboxylic acids is 1. The van der Waals surface area contributed by atoms with Crippen molar-refractivity contribution in [3.8, 4) is 5.75 Å². The molecule has 21 heavy (non-hydrogen) atoms. The summed E-state index contributed by atoms with van der Waals surface area (Å²) >= 11 is 1.15. The summed E-state index contributed by atoms with van der Waals surface area (Å²) in [6.07, 6.45) is -10.2. The normalized spacial score (nSPS) is 12.2. The van der Waals surface area contributed by atoms with Crippen molar-refractivity contribution in [2.24, 2.45) is 0 Å². The molecule has 0 aliphatic heterocycles. The highest BCUT2D eigenvalue weighted by Crippen LogP contribution is 2.37. The van der Waals surface area contributed by atoms with Crippen LogP contribution in [0.4, 0.5) is 26.3 Å². The van der Waals surface area contributed by atoms with E-state index in [2.05, 4.69) is 14.5 Å². The lowest BCUT2D eigenvalue weighted by molar-refractivity contribution is -0.275. The predicted octanol–water partition coefficient (Wildman–Crippen LogP) is 3.78. The summed E-state index contributed by atoms with van der Waals surface area (Å²) in [5.74, 6) is -2.68. The molecular formula is C10H6F6INO3. The highest BCUT2D eigenvalue weighted by Gasteiger charge is 2.39. The summed E-state index contributed by atoms with van der Waals surface area (Å²) in [6, 6.07) is 0.0640. The molecule has 1 rings (SSSR count). The van der Waals surface area contributed by atoms with Crippen molar-refractivity contribution in [3.05, 3.63) is 21.0 Å². The Morgan fingerprint density at radius 1 is 1.29 bits per heavy atom. The maximum Gasteiger partial charge on any atom is 0.573 e. The number of ether oxygens (including phenoxy) is 2. The van der Waals surface area contributed by atoms with Gasteiger partial charge in [-0.3, -0.25) is 0 Å². The zero-order valence-electron chi connectivity index (χ0n) is 10.1. The number of hydrogen-bond donors (Lipinski definition) is 0. The van der Waals surface area contributed by atoms with Crippen molar-refractivity contribution in [2.75, 3.05) is 6.61 Å². The van der Waals surface area contributed by atoms with Crippen LogP contribution in [0.2, 0.25) is 0 Å². The fraction of sp³-hybridized carbons (Fsp3) is 0.400. The van der Waals surface area contributed by atoms with E-state index < -0.39 is 39.2 Å². The smallest absolute Gasteiger partial charge is 0.461 e. The van der Waals surface area contributed by atoms with E-state index in [-0.39, 0.29) is 12.7 Å². The second-order valence-electron chi connectivity index (χ2n) is 3.44. The minimum Gasteiger partial charge on any atom is -0.461 e. The molecule has 0 amide bonds. The van der Waals surface area contributed by atoms with Crippen LogP contribution in [0.15, 0.2) is 6.07 Å². The van der Waals surface area contributed by atoms with Gasteiger partial charge in [-0.05, 0) is 35.6 Å². The van der Waals surface area contributed by atoms with Gasteiger partial charge in [-0.1, -0.05) is 0 Å². The zero-order chi connectivity index (χ0) is 16.4. The number of alkyl halides is 6. The maximum atomic E-state index is 12.6. The molecule has 0 saturated heterocycles. The third-order valence-electron chi connectivity index (χ3n) is 1.94. The first kappa shape index (κ1) is 17.8. The first-order valence-electron chi connectivity index (χ1n) is 5.16. The summed E-state index contributed by atoms with van der Waals surface area (Å²) in [5, 5.41) is 0. The molecule has 1 aromatic rings. The summed E-state index contributed by atoms with van der Waals surface area (Å²) in [6.45, 7) is 1.18. The van der Waals surface area contributed by atoms with Crippen molar-refractivity contribution in [3.63, 3.8) is 0 Å². The molecule has 0 aliphatic carbocycles. The summed E-state index contributed by atoms with van der Waals surface area (Å²) in [4.78, 5) is 14.7. The highest BCUT2D eigenvalue weighted by atomic mass is 127. The van der Waals surface area contributed by atoms with Crippen molar-refractivity contribution in [1.29, 1.82) is 0 Å². The van der Waals surface area contributed by atoms with Crippen LogP contribution in [0.25, 0.3) is 0 Å². The van der Waals surface area contributed by atoms with Crippen LogP contribution in [0.1, 0.15) is 23.0 Å². The molecule has 4 nitrogen and oxygen atoms in total. The molecule has 0 radical (unpaired) electrons. The van der Waals surface area contributed by atoms with Crippen LogP contribution in [0.3, 0.4) is 0 Å². The van der Waals surface area contributed by atoms with Gasteiger partial charge in [0.15, 0.2) is 11.4 Å². The molecule has 0 spiro atoms. The van der Waals surface area contributed by atoms with E-state index in [1.54, 1.807) is 0 Å². The third-order valence-corrected chi connectivity index (χ3v) is 2.76. The third kappa shape index (κ3) is 4.89. The first-order chi connectivity index (χ1) is 9.45. The van der Waals surface area contributed by atoms with Crippen LogP contribution in [-0.4, -0.2) is 23.9 Å². The van der Waals surface area contributed by atoms with Gasteiger partial charge in [0.1, 0.15) is 3.70 Å². The molecule has 0 aromatic carbocycles. The van der Waals surface area contributed by atoms with Crippen LogP contribution in [0.5, 0.6) is 5.75 Å². The quantitative estimate of drug-likeness (QED) is 0.318. The number of pyridine rings is 1.